The minimum absolute atomic E-state index is 0.0130. The van der Waals surface area contributed by atoms with E-state index in [0.717, 1.165) is 12.8 Å². The number of urea groups is 1. The van der Waals surface area contributed by atoms with E-state index < -0.39 is 0 Å². The number of benzene rings is 1. The molecule has 0 bridgehead atoms. The molecule has 1 aromatic carbocycles. The van der Waals surface area contributed by atoms with Gasteiger partial charge < -0.3 is 20.4 Å². The highest BCUT2D eigenvalue weighted by molar-refractivity contribution is 5.89. The number of hydrogen-bond acceptors (Lipinski definition) is 3. The normalized spacial score (nSPS) is 24.1. The topological polar surface area (TPSA) is 64.7 Å². The van der Waals surface area contributed by atoms with Crippen LogP contribution in [-0.4, -0.2) is 47.9 Å². The van der Waals surface area contributed by atoms with Crippen LogP contribution in [-0.2, 0) is 4.79 Å². The van der Waals surface area contributed by atoms with Crippen molar-refractivity contribution in [3.05, 3.63) is 42.5 Å². The zero-order chi connectivity index (χ0) is 18.0. The van der Waals surface area contributed by atoms with E-state index in [0.29, 0.717) is 31.0 Å². The molecule has 2 aliphatic rings. The van der Waals surface area contributed by atoms with Gasteiger partial charge in [-0.1, -0.05) is 12.6 Å². The van der Waals surface area contributed by atoms with Crippen molar-refractivity contribution in [1.82, 2.24) is 15.1 Å². The molecule has 2 aliphatic heterocycles. The lowest BCUT2D eigenvalue weighted by molar-refractivity contribution is -0.131. The standard InChI is InChI=1S/C18H23FN4O2/c1-12-20-16(10-17(24)22(12)2)13-5-4-8-23(11-13)18(25)21-15-7-3-6-14(19)9-15/h3,6-7,9,13,16,20H,1,4-5,8,10-11H2,2H3,(H,21,25). The van der Waals surface area contributed by atoms with Crippen LogP contribution in [0.1, 0.15) is 19.3 Å². The Bertz CT molecular complexity index is 675. The third kappa shape index (κ3) is 3.92. The summed E-state index contributed by atoms with van der Waals surface area (Å²) >= 11 is 0. The fourth-order valence-corrected chi connectivity index (χ4v) is 3.41. The Morgan fingerprint density at radius 2 is 2.24 bits per heavy atom. The molecule has 2 fully saturated rings. The molecule has 0 aromatic heterocycles. The SMILES string of the molecule is C=C1NC(C2CCCN(C(=O)Nc3cccc(F)c3)C2)CC(=O)N1C. The van der Waals surface area contributed by atoms with E-state index in [4.69, 9.17) is 0 Å². The minimum Gasteiger partial charge on any atom is -0.368 e. The number of amides is 3. The number of nitrogens with zero attached hydrogens (tertiary/aromatic N) is 2. The fourth-order valence-electron chi connectivity index (χ4n) is 3.41. The van der Waals surface area contributed by atoms with E-state index in [-0.39, 0.29) is 29.7 Å². The first-order chi connectivity index (χ1) is 11.9. The smallest absolute Gasteiger partial charge is 0.321 e. The summed E-state index contributed by atoms with van der Waals surface area (Å²) < 4.78 is 13.3. The number of halogens is 1. The summed E-state index contributed by atoms with van der Waals surface area (Å²) in [5.41, 5.74) is 0.438. The molecule has 2 N–H and O–H groups in total. The molecular weight excluding hydrogens is 323 g/mol. The quantitative estimate of drug-likeness (QED) is 0.864. The van der Waals surface area contributed by atoms with Crippen molar-refractivity contribution in [2.24, 2.45) is 5.92 Å². The molecule has 0 saturated carbocycles. The van der Waals surface area contributed by atoms with Gasteiger partial charge in [-0.3, -0.25) is 4.79 Å². The van der Waals surface area contributed by atoms with Crippen molar-refractivity contribution in [3.8, 4) is 0 Å². The first-order valence-electron chi connectivity index (χ1n) is 8.47. The zero-order valence-corrected chi connectivity index (χ0v) is 14.3. The van der Waals surface area contributed by atoms with Gasteiger partial charge in [0.25, 0.3) is 0 Å². The van der Waals surface area contributed by atoms with E-state index in [1.807, 2.05) is 0 Å². The Kier molecular flexibility index (Phi) is 4.92. The van der Waals surface area contributed by atoms with E-state index in [2.05, 4.69) is 17.2 Å². The summed E-state index contributed by atoms with van der Waals surface area (Å²) in [6.07, 6.45) is 2.22. The van der Waals surface area contributed by atoms with Crippen molar-refractivity contribution < 1.29 is 14.0 Å². The number of nitrogens with one attached hydrogen (secondary N) is 2. The summed E-state index contributed by atoms with van der Waals surface area (Å²) in [5, 5.41) is 6.02. The minimum atomic E-state index is -0.387. The Balaban J connectivity index is 1.62. The Morgan fingerprint density at radius 3 is 2.96 bits per heavy atom. The number of anilines is 1. The number of piperidine rings is 1. The summed E-state index contributed by atoms with van der Waals surface area (Å²) in [5.74, 6) is 0.431. The van der Waals surface area contributed by atoms with Crippen LogP contribution >= 0.6 is 0 Å². The maximum Gasteiger partial charge on any atom is 0.321 e. The summed E-state index contributed by atoms with van der Waals surface area (Å²) in [6.45, 7) is 5.09. The molecule has 2 unspecified atom stereocenters. The van der Waals surface area contributed by atoms with Crippen molar-refractivity contribution >= 4 is 17.6 Å². The second-order valence-electron chi connectivity index (χ2n) is 6.64. The zero-order valence-electron chi connectivity index (χ0n) is 14.3. The van der Waals surface area contributed by atoms with Gasteiger partial charge in [0.15, 0.2) is 0 Å². The second-order valence-corrected chi connectivity index (χ2v) is 6.64. The van der Waals surface area contributed by atoms with Crippen LogP contribution in [0.5, 0.6) is 0 Å². The Morgan fingerprint density at radius 1 is 1.44 bits per heavy atom. The lowest BCUT2D eigenvalue weighted by Gasteiger charge is -2.41. The van der Waals surface area contributed by atoms with Crippen molar-refractivity contribution in [3.63, 3.8) is 0 Å². The molecule has 0 aliphatic carbocycles. The fraction of sp³-hybridized carbons (Fsp3) is 0.444. The van der Waals surface area contributed by atoms with Gasteiger partial charge in [-0.15, -0.1) is 0 Å². The van der Waals surface area contributed by atoms with Gasteiger partial charge in [0.2, 0.25) is 5.91 Å². The Labute approximate surface area is 146 Å². The number of carbonyl (C=O) groups excluding carboxylic acids is 2. The van der Waals surface area contributed by atoms with E-state index in [9.17, 15) is 14.0 Å². The van der Waals surface area contributed by atoms with Gasteiger partial charge in [0, 0.05) is 38.3 Å². The van der Waals surface area contributed by atoms with Crippen LogP contribution in [0.15, 0.2) is 36.7 Å². The number of likely N-dealkylation sites (tertiary alicyclic amines) is 1. The predicted octanol–water partition coefficient (Wildman–Crippen LogP) is 2.36. The predicted molar refractivity (Wildman–Crippen MR) is 93.2 cm³/mol. The van der Waals surface area contributed by atoms with E-state index >= 15 is 0 Å². The van der Waals surface area contributed by atoms with Crippen molar-refractivity contribution in [2.45, 2.75) is 25.3 Å². The number of carbonyl (C=O) groups is 2. The molecule has 6 nitrogen and oxygen atoms in total. The monoisotopic (exact) mass is 346 g/mol. The Hall–Kier alpha value is -2.57. The molecule has 7 heteroatoms. The average molecular weight is 346 g/mol. The van der Waals surface area contributed by atoms with Crippen LogP contribution in [0.4, 0.5) is 14.9 Å². The van der Waals surface area contributed by atoms with Gasteiger partial charge in [0.1, 0.15) is 11.6 Å². The number of rotatable bonds is 2. The van der Waals surface area contributed by atoms with Crippen molar-refractivity contribution in [2.75, 3.05) is 25.5 Å². The third-order valence-corrected chi connectivity index (χ3v) is 4.92. The van der Waals surface area contributed by atoms with Crippen LogP contribution in [0.25, 0.3) is 0 Å². The molecule has 2 heterocycles. The van der Waals surface area contributed by atoms with E-state index in [1.54, 1.807) is 24.1 Å². The average Bonchev–Trinajstić information content (AvgIpc) is 2.59. The maximum atomic E-state index is 13.3. The van der Waals surface area contributed by atoms with Gasteiger partial charge in [-0.05, 0) is 37.0 Å². The third-order valence-electron chi connectivity index (χ3n) is 4.92. The van der Waals surface area contributed by atoms with Crippen LogP contribution in [0.3, 0.4) is 0 Å². The summed E-state index contributed by atoms with van der Waals surface area (Å²) in [4.78, 5) is 27.8. The lowest BCUT2D eigenvalue weighted by atomic mass is 9.87. The van der Waals surface area contributed by atoms with Gasteiger partial charge >= 0.3 is 6.03 Å². The molecule has 0 radical (unpaired) electrons. The summed E-state index contributed by atoms with van der Waals surface area (Å²) in [7, 11) is 1.70. The van der Waals surface area contributed by atoms with Crippen LogP contribution < -0.4 is 10.6 Å². The first-order valence-corrected chi connectivity index (χ1v) is 8.47. The molecule has 25 heavy (non-hydrogen) atoms. The largest absolute Gasteiger partial charge is 0.368 e. The molecule has 0 spiro atoms. The molecule has 2 atom stereocenters. The van der Waals surface area contributed by atoms with Gasteiger partial charge in [-0.2, -0.15) is 0 Å². The van der Waals surface area contributed by atoms with Crippen molar-refractivity contribution in [1.29, 1.82) is 0 Å². The van der Waals surface area contributed by atoms with Crippen LogP contribution in [0.2, 0.25) is 0 Å². The summed E-state index contributed by atoms with van der Waals surface area (Å²) in [6, 6.07) is 5.59. The highest BCUT2D eigenvalue weighted by atomic mass is 19.1. The van der Waals surface area contributed by atoms with Gasteiger partial charge in [0.05, 0.1) is 0 Å². The molecular formula is C18H23FN4O2. The molecule has 134 valence electrons. The second kappa shape index (κ2) is 7.13. The van der Waals surface area contributed by atoms with Crippen LogP contribution in [0, 0.1) is 11.7 Å². The van der Waals surface area contributed by atoms with E-state index in [1.165, 1.54) is 17.0 Å². The molecule has 3 rings (SSSR count). The molecule has 1 aromatic rings. The first kappa shape index (κ1) is 17.3. The molecule has 3 amide bonds. The van der Waals surface area contributed by atoms with Gasteiger partial charge in [-0.25, -0.2) is 9.18 Å². The highest BCUT2D eigenvalue weighted by Gasteiger charge is 2.34. The lowest BCUT2D eigenvalue weighted by Crippen LogP contribution is -2.54. The molecule has 2 saturated heterocycles. The highest BCUT2D eigenvalue weighted by Crippen LogP contribution is 2.26. The maximum absolute atomic E-state index is 13.3. The number of hydrogen-bond donors (Lipinski definition) is 2.